The van der Waals surface area contributed by atoms with Crippen molar-refractivity contribution >= 4 is 27.0 Å². The maximum absolute atomic E-state index is 13.1. The molecule has 6 nitrogen and oxygen atoms in total. The third-order valence-electron chi connectivity index (χ3n) is 5.98. The first-order valence-electron chi connectivity index (χ1n) is 10.6. The zero-order valence-corrected chi connectivity index (χ0v) is 19.6. The number of aliphatic hydroxyl groups excluding tert-OH is 1. The van der Waals surface area contributed by atoms with Crippen LogP contribution in [-0.2, 0) is 22.0 Å². The third-order valence-corrected chi connectivity index (χ3v) is 9.22. The van der Waals surface area contributed by atoms with Gasteiger partial charge in [-0.15, -0.1) is 11.3 Å². The second kappa shape index (κ2) is 9.33. The molecule has 170 valence electrons. The Morgan fingerprint density at radius 2 is 1.75 bits per heavy atom. The summed E-state index contributed by atoms with van der Waals surface area (Å²) in [5.41, 5.74) is 1.46. The van der Waals surface area contributed by atoms with E-state index in [1.807, 2.05) is 42.5 Å². The van der Waals surface area contributed by atoms with Crippen LogP contribution in [0.2, 0.25) is 0 Å². The van der Waals surface area contributed by atoms with E-state index in [0.29, 0.717) is 35.8 Å². The Bertz CT molecular complexity index is 1110. The largest absolute Gasteiger partial charge is 0.393 e. The highest BCUT2D eigenvalue weighted by Gasteiger charge is 2.35. The van der Waals surface area contributed by atoms with Crippen molar-refractivity contribution in [3.05, 3.63) is 83.2 Å². The second-order valence-electron chi connectivity index (χ2n) is 8.31. The fourth-order valence-corrected chi connectivity index (χ4v) is 6.70. The maximum atomic E-state index is 13.1. The molecule has 3 aromatic rings. The molecule has 4 rings (SSSR count). The summed E-state index contributed by atoms with van der Waals surface area (Å²) >= 11 is 1.24. The fraction of sp³-hybridized carbons (Fsp3) is 0.333. The number of benzene rings is 2. The van der Waals surface area contributed by atoms with Crippen LogP contribution in [0.25, 0.3) is 0 Å². The highest BCUT2D eigenvalue weighted by atomic mass is 32.2. The van der Waals surface area contributed by atoms with Gasteiger partial charge in [-0.2, -0.15) is 4.31 Å². The van der Waals surface area contributed by atoms with Crippen molar-refractivity contribution in [2.75, 3.05) is 31.1 Å². The number of aliphatic hydroxyl groups is 2. The van der Waals surface area contributed by atoms with Crippen LogP contribution in [-0.4, -0.2) is 55.2 Å². The van der Waals surface area contributed by atoms with Crippen LogP contribution < -0.4 is 4.90 Å². The van der Waals surface area contributed by atoms with Crippen molar-refractivity contribution < 1.29 is 18.6 Å². The van der Waals surface area contributed by atoms with E-state index in [9.17, 15) is 18.6 Å². The molecule has 2 aromatic carbocycles. The molecular formula is C24H28N2O4S2. The first-order valence-corrected chi connectivity index (χ1v) is 12.9. The number of hydrogen-bond donors (Lipinski definition) is 2. The van der Waals surface area contributed by atoms with Gasteiger partial charge in [0.05, 0.1) is 6.61 Å². The minimum atomic E-state index is -3.51. The Balaban J connectivity index is 1.61. The standard InChI is InChI=1S/C24H28N2O4S2/c1-24(28,18-27)20-9-11-21(12-10-20)26-14-13-25(32(29,30)23-8-5-15-31-23)17-22(26)16-19-6-3-2-4-7-19/h2-12,15,22,27-28H,13-14,16-18H2,1H3/t22-,24-/m0/s1. The van der Waals surface area contributed by atoms with Crippen LogP contribution >= 0.6 is 11.3 Å². The molecular weight excluding hydrogens is 444 g/mol. The molecule has 0 aliphatic carbocycles. The lowest BCUT2D eigenvalue weighted by atomic mass is 9.96. The average molecular weight is 473 g/mol. The number of anilines is 1. The highest BCUT2D eigenvalue weighted by molar-refractivity contribution is 7.91. The van der Waals surface area contributed by atoms with E-state index < -0.39 is 15.6 Å². The molecule has 0 radical (unpaired) electrons. The van der Waals surface area contributed by atoms with Gasteiger partial charge in [0, 0.05) is 31.4 Å². The van der Waals surface area contributed by atoms with Crippen molar-refractivity contribution in [2.45, 2.75) is 29.2 Å². The van der Waals surface area contributed by atoms with E-state index in [1.54, 1.807) is 28.7 Å². The Labute approximate surface area is 193 Å². The lowest BCUT2D eigenvalue weighted by Gasteiger charge is -2.42. The molecule has 32 heavy (non-hydrogen) atoms. The Morgan fingerprint density at radius 3 is 2.38 bits per heavy atom. The summed E-state index contributed by atoms with van der Waals surface area (Å²) in [6.07, 6.45) is 0.716. The van der Waals surface area contributed by atoms with E-state index in [1.165, 1.54) is 11.3 Å². The minimum absolute atomic E-state index is 0.0370. The minimum Gasteiger partial charge on any atom is -0.393 e. The normalized spacial score (nSPS) is 19.6. The van der Waals surface area contributed by atoms with E-state index >= 15 is 0 Å². The zero-order valence-electron chi connectivity index (χ0n) is 18.0. The van der Waals surface area contributed by atoms with Crippen LogP contribution in [0.15, 0.2) is 76.3 Å². The molecule has 2 heterocycles. The summed E-state index contributed by atoms with van der Waals surface area (Å²) in [7, 11) is -3.51. The van der Waals surface area contributed by atoms with Crippen LogP contribution in [0.5, 0.6) is 0 Å². The summed E-state index contributed by atoms with van der Waals surface area (Å²) in [6.45, 7) is 2.58. The maximum Gasteiger partial charge on any atom is 0.252 e. The van der Waals surface area contributed by atoms with Crippen molar-refractivity contribution in [3.63, 3.8) is 0 Å². The Morgan fingerprint density at radius 1 is 1.03 bits per heavy atom. The molecule has 1 aromatic heterocycles. The van der Waals surface area contributed by atoms with Gasteiger partial charge in [-0.3, -0.25) is 0 Å². The monoisotopic (exact) mass is 472 g/mol. The second-order valence-corrected chi connectivity index (χ2v) is 11.4. The topological polar surface area (TPSA) is 81.1 Å². The van der Waals surface area contributed by atoms with Gasteiger partial charge in [0.25, 0.3) is 10.0 Å². The SMILES string of the molecule is C[C@](O)(CO)c1ccc(N2CCN(S(=O)(=O)c3cccs3)C[C@@H]2Cc2ccccc2)cc1. The average Bonchev–Trinajstić information content (AvgIpc) is 3.36. The third kappa shape index (κ3) is 4.74. The lowest BCUT2D eigenvalue weighted by molar-refractivity contribution is -0.00227. The van der Waals surface area contributed by atoms with Crippen LogP contribution in [0, 0.1) is 0 Å². The van der Waals surface area contributed by atoms with E-state index in [2.05, 4.69) is 17.0 Å². The smallest absolute Gasteiger partial charge is 0.252 e. The van der Waals surface area contributed by atoms with Gasteiger partial charge >= 0.3 is 0 Å². The van der Waals surface area contributed by atoms with Crippen molar-refractivity contribution in [1.82, 2.24) is 4.31 Å². The molecule has 0 saturated carbocycles. The summed E-state index contributed by atoms with van der Waals surface area (Å²) < 4.78 is 28.3. The van der Waals surface area contributed by atoms with Crippen molar-refractivity contribution in [3.8, 4) is 0 Å². The van der Waals surface area contributed by atoms with Gasteiger partial charge < -0.3 is 15.1 Å². The molecule has 2 atom stereocenters. The first kappa shape index (κ1) is 22.9. The summed E-state index contributed by atoms with van der Waals surface area (Å²) in [5, 5.41) is 21.5. The molecule has 0 unspecified atom stereocenters. The zero-order chi connectivity index (χ0) is 22.8. The first-order chi connectivity index (χ1) is 15.3. The van der Waals surface area contributed by atoms with E-state index in [-0.39, 0.29) is 12.6 Å². The number of hydrogen-bond acceptors (Lipinski definition) is 6. The number of rotatable bonds is 7. The van der Waals surface area contributed by atoms with Crippen molar-refractivity contribution in [1.29, 1.82) is 0 Å². The molecule has 1 saturated heterocycles. The van der Waals surface area contributed by atoms with Crippen LogP contribution in [0.4, 0.5) is 5.69 Å². The fourth-order valence-electron chi connectivity index (χ4n) is 4.09. The van der Waals surface area contributed by atoms with Gasteiger partial charge in [0.2, 0.25) is 0 Å². The summed E-state index contributed by atoms with van der Waals surface area (Å²) in [6, 6.07) is 21.0. The summed E-state index contributed by atoms with van der Waals surface area (Å²) in [4.78, 5) is 2.24. The predicted octanol–water partition coefficient (Wildman–Crippen LogP) is 3.07. The van der Waals surface area contributed by atoms with E-state index in [0.717, 1.165) is 11.3 Å². The van der Waals surface area contributed by atoms with Gasteiger partial charge in [-0.05, 0) is 48.1 Å². The molecule has 2 N–H and O–H groups in total. The number of thiophene rings is 1. The van der Waals surface area contributed by atoms with Gasteiger partial charge in [-0.1, -0.05) is 48.5 Å². The number of nitrogens with zero attached hydrogens (tertiary/aromatic N) is 2. The predicted molar refractivity (Wildman–Crippen MR) is 127 cm³/mol. The van der Waals surface area contributed by atoms with Crippen LogP contribution in [0.3, 0.4) is 0 Å². The molecule has 0 amide bonds. The molecule has 8 heteroatoms. The molecule has 1 fully saturated rings. The molecule has 0 bridgehead atoms. The number of piperazine rings is 1. The molecule has 1 aliphatic rings. The number of sulfonamides is 1. The molecule has 0 spiro atoms. The highest BCUT2D eigenvalue weighted by Crippen LogP contribution is 2.29. The van der Waals surface area contributed by atoms with Gasteiger partial charge in [0.1, 0.15) is 9.81 Å². The lowest BCUT2D eigenvalue weighted by Crippen LogP contribution is -2.55. The van der Waals surface area contributed by atoms with Gasteiger partial charge in [-0.25, -0.2) is 8.42 Å². The Kier molecular flexibility index (Phi) is 6.69. The Hall–Kier alpha value is -2.23. The van der Waals surface area contributed by atoms with Crippen molar-refractivity contribution in [2.24, 2.45) is 0 Å². The van der Waals surface area contributed by atoms with Gasteiger partial charge in [0.15, 0.2) is 0 Å². The van der Waals surface area contributed by atoms with Crippen LogP contribution in [0.1, 0.15) is 18.1 Å². The van der Waals surface area contributed by atoms with E-state index in [4.69, 9.17) is 0 Å². The molecule has 1 aliphatic heterocycles. The summed E-state index contributed by atoms with van der Waals surface area (Å²) in [5.74, 6) is 0. The quantitative estimate of drug-likeness (QED) is 0.552.